The second-order valence-electron chi connectivity index (χ2n) is 4.67. The number of hydrogen-bond donors (Lipinski definition) is 2. The molecule has 104 valence electrons. The third kappa shape index (κ3) is 2.96. The van der Waals surface area contributed by atoms with Crippen molar-refractivity contribution in [3.63, 3.8) is 0 Å². The Balaban J connectivity index is 1.80. The van der Waals surface area contributed by atoms with Crippen LogP contribution in [0.15, 0.2) is 29.0 Å². The molecule has 4 nitrogen and oxygen atoms in total. The Labute approximate surface area is 125 Å². The maximum atomic E-state index is 12.9. The van der Waals surface area contributed by atoms with Crippen LogP contribution in [0.5, 0.6) is 0 Å². The van der Waals surface area contributed by atoms with Gasteiger partial charge in [0.1, 0.15) is 11.6 Å². The summed E-state index contributed by atoms with van der Waals surface area (Å²) >= 11 is 3.34. The number of halogens is 2. The predicted octanol–water partition coefficient (Wildman–Crippen LogP) is 2.64. The summed E-state index contributed by atoms with van der Waals surface area (Å²) in [5, 5.41) is 6.63. The van der Waals surface area contributed by atoms with Crippen molar-refractivity contribution in [1.82, 2.24) is 15.3 Å². The summed E-state index contributed by atoms with van der Waals surface area (Å²) in [6.45, 7) is 2.32. The second kappa shape index (κ2) is 5.85. The molecule has 6 heteroatoms. The molecule has 0 unspecified atom stereocenters. The average Bonchev–Trinajstić information content (AvgIpc) is 2.46. The van der Waals surface area contributed by atoms with Crippen molar-refractivity contribution in [2.24, 2.45) is 0 Å². The minimum absolute atomic E-state index is 0.222. The van der Waals surface area contributed by atoms with E-state index < -0.39 is 0 Å². The molecule has 0 atom stereocenters. The molecule has 1 aromatic heterocycles. The number of benzene rings is 1. The molecule has 3 rings (SSSR count). The molecule has 2 aromatic rings. The molecule has 20 heavy (non-hydrogen) atoms. The van der Waals surface area contributed by atoms with Gasteiger partial charge in [0.05, 0.1) is 5.69 Å². The molecule has 0 saturated heterocycles. The van der Waals surface area contributed by atoms with Crippen molar-refractivity contribution in [3.05, 3.63) is 51.6 Å². The summed E-state index contributed by atoms with van der Waals surface area (Å²) < 4.78 is 13.5. The Morgan fingerprint density at radius 1 is 1.25 bits per heavy atom. The zero-order valence-corrected chi connectivity index (χ0v) is 12.4. The van der Waals surface area contributed by atoms with Gasteiger partial charge in [-0.3, -0.25) is 0 Å². The molecule has 0 saturated carbocycles. The van der Waals surface area contributed by atoms with E-state index in [-0.39, 0.29) is 5.82 Å². The SMILES string of the molecule is Fc1ccc(CNc2nc(Br)nc3c2CNCC3)cc1. The number of anilines is 1. The van der Waals surface area contributed by atoms with Crippen molar-refractivity contribution in [3.8, 4) is 0 Å². The van der Waals surface area contributed by atoms with Crippen LogP contribution in [0, 0.1) is 5.82 Å². The summed E-state index contributed by atoms with van der Waals surface area (Å²) in [7, 11) is 0. The van der Waals surface area contributed by atoms with Crippen molar-refractivity contribution in [1.29, 1.82) is 0 Å². The lowest BCUT2D eigenvalue weighted by atomic mass is 10.1. The second-order valence-corrected chi connectivity index (χ2v) is 5.38. The van der Waals surface area contributed by atoms with Gasteiger partial charge in [-0.25, -0.2) is 14.4 Å². The van der Waals surface area contributed by atoms with Gasteiger partial charge < -0.3 is 10.6 Å². The van der Waals surface area contributed by atoms with Crippen LogP contribution in [0.3, 0.4) is 0 Å². The Morgan fingerprint density at radius 3 is 2.85 bits per heavy atom. The van der Waals surface area contributed by atoms with Gasteiger partial charge in [0.2, 0.25) is 0 Å². The lowest BCUT2D eigenvalue weighted by molar-refractivity contribution is 0.624. The molecule has 0 bridgehead atoms. The first-order valence-corrected chi connectivity index (χ1v) is 7.26. The summed E-state index contributed by atoms with van der Waals surface area (Å²) in [4.78, 5) is 8.82. The van der Waals surface area contributed by atoms with Gasteiger partial charge in [0.15, 0.2) is 4.73 Å². The van der Waals surface area contributed by atoms with E-state index in [1.54, 1.807) is 12.1 Å². The monoisotopic (exact) mass is 336 g/mol. The number of fused-ring (bicyclic) bond motifs is 1. The van der Waals surface area contributed by atoms with E-state index in [2.05, 4.69) is 36.5 Å². The molecule has 1 aliphatic heterocycles. The van der Waals surface area contributed by atoms with E-state index in [0.717, 1.165) is 42.1 Å². The first kappa shape index (κ1) is 13.5. The third-order valence-electron chi connectivity index (χ3n) is 3.28. The molecule has 2 heterocycles. The minimum atomic E-state index is -0.222. The maximum Gasteiger partial charge on any atom is 0.198 e. The third-order valence-corrected chi connectivity index (χ3v) is 3.63. The summed E-state index contributed by atoms with van der Waals surface area (Å²) in [6, 6.07) is 6.46. The molecular weight excluding hydrogens is 323 g/mol. The molecule has 1 aliphatic rings. The van der Waals surface area contributed by atoms with Gasteiger partial charge in [0.25, 0.3) is 0 Å². The predicted molar refractivity (Wildman–Crippen MR) is 78.9 cm³/mol. The largest absolute Gasteiger partial charge is 0.366 e. The highest BCUT2D eigenvalue weighted by Gasteiger charge is 2.16. The quantitative estimate of drug-likeness (QED) is 0.846. The van der Waals surface area contributed by atoms with Crippen molar-refractivity contribution in [2.45, 2.75) is 19.5 Å². The lowest BCUT2D eigenvalue weighted by Gasteiger charge is -2.19. The zero-order valence-electron chi connectivity index (χ0n) is 10.8. The van der Waals surface area contributed by atoms with E-state index in [0.29, 0.717) is 11.3 Å². The topological polar surface area (TPSA) is 49.8 Å². The smallest absolute Gasteiger partial charge is 0.198 e. The van der Waals surface area contributed by atoms with E-state index >= 15 is 0 Å². The number of hydrogen-bond acceptors (Lipinski definition) is 4. The van der Waals surface area contributed by atoms with Gasteiger partial charge >= 0.3 is 0 Å². The van der Waals surface area contributed by atoms with Crippen LogP contribution >= 0.6 is 15.9 Å². The molecule has 0 fully saturated rings. The summed E-state index contributed by atoms with van der Waals surface area (Å²) in [5.41, 5.74) is 3.20. The van der Waals surface area contributed by atoms with Crippen LogP contribution in [-0.4, -0.2) is 16.5 Å². The van der Waals surface area contributed by atoms with Crippen LogP contribution in [0.1, 0.15) is 16.8 Å². The Morgan fingerprint density at radius 2 is 2.05 bits per heavy atom. The van der Waals surface area contributed by atoms with Crippen molar-refractivity contribution < 1.29 is 4.39 Å². The van der Waals surface area contributed by atoms with Gasteiger partial charge in [-0.1, -0.05) is 12.1 Å². The van der Waals surface area contributed by atoms with Crippen LogP contribution in [0.25, 0.3) is 0 Å². The van der Waals surface area contributed by atoms with E-state index in [1.165, 1.54) is 12.1 Å². The highest BCUT2D eigenvalue weighted by Crippen LogP contribution is 2.22. The fourth-order valence-electron chi connectivity index (χ4n) is 2.25. The maximum absolute atomic E-state index is 12.9. The Kier molecular flexibility index (Phi) is 3.93. The summed E-state index contributed by atoms with van der Waals surface area (Å²) in [5.74, 6) is 0.610. The normalized spacial score (nSPS) is 13.9. The van der Waals surface area contributed by atoms with Gasteiger partial charge in [-0.05, 0) is 33.6 Å². The van der Waals surface area contributed by atoms with E-state index in [4.69, 9.17) is 0 Å². The fraction of sp³-hybridized carbons (Fsp3) is 0.286. The van der Waals surface area contributed by atoms with Crippen LogP contribution in [0.4, 0.5) is 10.2 Å². The van der Waals surface area contributed by atoms with Gasteiger partial charge in [-0.2, -0.15) is 0 Å². The highest BCUT2D eigenvalue weighted by atomic mass is 79.9. The van der Waals surface area contributed by atoms with Gasteiger partial charge in [-0.15, -0.1) is 0 Å². The Hall–Kier alpha value is -1.53. The van der Waals surface area contributed by atoms with Crippen LogP contribution in [0.2, 0.25) is 0 Å². The number of aromatic nitrogens is 2. The molecular formula is C14H14BrFN4. The lowest BCUT2D eigenvalue weighted by Crippen LogP contribution is -2.26. The fourth-order valence-corrected chi connectivity index (χ4v) is 2.64. The van der Waals surface area contributed by atoms with Crippen molar-refractivity contribution >= 4 is 21.7 Å². The van der Waals surface area contributed by atoms with Crippen LogP contribution < -0.4 is 10.6 Å². The number of nitrogens with zero attached hydrogens (tertiary/aromatic N) is 2. The molecule has 1 aromatic carbocycles. The molecule has 0 aliphatic carbocycles. The first-order chi connectivity index (χ1) is 9.72. The summed E-state index contributed by atoms with van der Waals surface area (Å²) in [6.07, 6.45) is 0.904. The van der Waals surface area contributed by atoms with Gasteiger partial charge in [0, 0.05) is 31.6 Å². The standard InChI is InChI=1S/C14H14BrFN4/c15-14-19-12-5-6-17-8-11(12)13(20-14)18-7-9-1-3-10(16)4-2-9/h1-4,17H,5-8H2,(H,18,19,20). The molecule has 0 amide bonds. The highest BCUT2D eigenvalue weighted by molar-refractivity contribution is 9.10. The van der Waals surface area contributed by atoms with E-state index in [9.17, 15) is 4.39 Å². The molecule has 2 N–H and O–H groups in total. The average molecular weight is 337 g/mol. The van der Waals surface area contributed by atoms with E-state index in [1.807, 2.05) is 0 Å². The molecule has 0 spiro atoms. The first-order valence-electron chi connectivity index (χ1n) is 6.47. The molecule has 0 radical (unpaired) electrons. The Bertz CT molecular complexity index is 615. The number of rotatable bonds is 3. The zero-order chi connectivity index (χ0) is 13.9. The number of nitrogens with one attached hydrogen (secondary N) is 2. The minimum Gasteiger partial charge on any atom is -0.366 e. The van der Waals surface area contributed by atoms with Crippen molar-refractivity contribution in [2.75, 3.05) is 11.9 Å². The van der Waals surface area contributed by atoms with Crippen LogP contribution in [-0.2, 0) is 19.5 Å².